The topological polar surface area (TPSA) is 103 Å². The van der Waals surface area contributed by atoms with Gasteiger partial charge in [0, 0.05) is 12.7 Å². The van der Waals surface area contributed by atoms with E-state index in [1.54, 1.807) is 24.1 Å². The van der Waals surface area contributed by atoms with Gasteiger partial charge in [0.25, 0.3) is 0 Å². The molecule has 0 aliphatic rings. The van der Waals surface area contributed by atoms with Crippen LogP contribution < -0.4 is 4.90 Å². The lowest BCUT2D eigenvalue weighted by Gasteiger charge is -2.18. The summed E-state index contributed by atoms with van der Waals surface area (Å²) in [4.78, 5) is 21.2. The molecule has 26 heavy (non-hydrogen) atoms. The molecule has 4 rings (SSSR count). The highest BCUT2D eigenvalue weighted by atomic mass is 16.6. The first-order chi connectivity index (χ1) is 12.7. The molecule has 0 radical (unpaired) electrons. The maximum atomic E-state index is 11.8. The normalized spacial score (nSPS) is 10.8. The summed E-state index contributed by atoms with van der Waals surface area (Å²) in [6.45, 7) is 0. The fourth-order valence-corrected chi connectivity index (χ4v) is 2.72. The second-order valence-electron chi connectivity index (χ2n) is 5.51. The Balaban J connectivity index is 1.93. The molecule has 0 N–H and O–H groups in total. The van der Waals surface area contributed by atoms with Gasteiger partial charge in [0.1, 0.15) is 11.8 Å². The summed E-state index contributed by atoms with van der Waals surface area (Å²) in [5.74, 6) is 0.238. The van der Waals surface area contributed by atoms with Crippen molar-refractivity contribution in [1.82, 2.24) is 25.0 Å². The van der Waals surface area contributed by atoms with Crippen LogP contribution in [-0.2, 0) is 0 Å². The summed E-state index contributed by atoms with van der Waals surface area (Å²) in [7, 11) is 1.72. The molecule has 9 nitrogen and oxygen atoms in total. The smallest absolute Gasteiger partial charge is 0.324 e. The van der Waals surface area contributed by atoms with Gasteiger partial charge in [-0.2, -0.15) is 4.68 Å². The number of rotatable bonds is 4. The van der Waals surface area contributed by atoms with Gasteiger partial charge in [-0.05, 0) is 24.3 Å². The summed E-state index contributed by atoms with van der Waals surface area (Å²) in [6, 6.07) is 16.5. The third kappa shape index (κ3) is 2.51. The monoisotopic (exact) mass is 347 g/mol. The number of anilines is 2. The van der Waals surface area contributed by atoms with Gasteiger partial charge < -0.3 is 4.90 Å². The zero-order valence-electron chi connectivity index (χ0n) is 13.7. The molecule has 0 unspecified atom stereocenters. The Morgan fingerprint density at radius 1 is 1.04 bits per heavy atom. The summed E-state index contributed by atoms with van der Waals surface area (Å²) >= 11 is 0. The van der Waals surface area contributed by atoms with E-state index >= 15 is 0 Å². The SMILES string of the molecule is CN(c1ccccc1)c1ncnc(-n2nnc3ccccc32)c1[N+](=O)[O-]. The first kappa shape index (κ1) is 15.6. The van der Waals surface area contributed by atoms with Gasteiger partial charge in [0.15, 0.2) is 0 Å². The van der Waals surface area contributed by atoms with Gasteiger partial charge in [-0.3, -0.25) is 10.1 Å². The van der Waals surface area contributed by atoms with Crippen LogP contribution in [0.3, 0.4) is 0 Å². The maximum Gasteiger partial charge on any atom is 0.356 e. The molecule has 0 saturated carbocycles. The third-order valence-electron chi connectivity index (χ3n) is 3.98. The first-order valence-electron chi connectivity index (χ1n) is 7.76. The number of aromatic nitrogens is 5. The molecule has 0 spiro atoms. The molecule has 2 aromatic carbocycles. The number of nitrogens with zero attached hydrogens (tertiary/aromatic N) is 7. The van der Waals surface area contributed by atoms with Crippen LogP contribution in [0.1, 0.15) is 0 Å². The van der Waals surface area contributed by atoms with Crippen molar-refractivity contribution in [2.75, 3.05) is 11.9 Å². The molecule has 0 bridgehead atoms. The Hall–Kier alpha value is -3.88. The zero-order chi connectivity index (χ0) is 18.1. The van der Waals surface area contributed by atoms with Crippen molar-refractivity contribution in [2.45, 2.75) is 0 Å². The predicted molar refractivity (Wildman–Crippen MR) is 95.6 cm³/mol. The van der Waals surface area contributed by atoms with Crippen LogP contribution in [-0.4, -0.2) is 36.9 Å². The number of fused-ring (bicyclic) bond motifs is 1. The lowest BCUT2D eigenvalue weighted by atomic mass is 10.3. The van der Waals surface area contributed by atoms with Crippen molar-refractivity contribution in [1.29, 1.82) is 0 Å². The van der Waals surface area contributed by atoms with Crippen molar-refractivity contribution >= 4 is 28.2 Å². The van der Waals surface area contributed by atoms with Gasteiger partial charge in [0.2, 0.25) is 11.6 Å². The second-order valence-corrected chi connectivity index (χ2v) is 5.51. The average molecular weight is 347 g/mol. The number of hydrogen-bond donors (Lipinski definition) is 0. The van der Waals surface area contributed by atoms with Gasteiger partial charge in [-0.25, -0.2) is 9.97 Å². The Kier molecular flexibility index (Phi) is 3.73. The molecule has 0 fully saturated rings. The number of benzene rings is 2. The maximum absolute atomic E-state index is 11.8. The van der Waals surface area contributed by atoms with Gasteiger partial charge >= 0.3 is 5.69 Å². The molecular weight excluding hydrogens is 334 g/mol. The lowest BCUT2D eigenvalue weighted by Crippen LogP contribution is -2.16. The summed E-state index contributed by atoms with van der Waals surface area (Å²) in [6.07, 6.45) is 1.29. The lowest BCUT2D eigenvalue weighted by molar-refractivity contribution is -0.384. The number of hydrogen-bond acceptors (Lipinski definition) is 7. The largest absolute Gasteiger partial charge is 0.356 e. The molecule has 0 aliphatic heterocycles. The van der Waals surface area contributed by atoms with Crippen LogP contribution in [0.4, 0.5) is 17.2 Å². The van der Waals surface area contributed by atoms with Gasteiger partial charge in [-0.1, -0.05) is 35.5 Å². The Bertz CT molecular complexity index is 1090. The molecule has 2 aromatic heterocycles. The van der Waals surface area contributed by atoms with E-state index < -0.39 is 4.92 Å². The Morgan fingerprint density at radius 2 is 1.77 bits per heavy atom. The molecule has 0 amide bonds. The quantitative estimate of drug-likeness (QED) is 0.413. The molecule has 2 heterocycles. The number of nitro groups is 1. The van der Waals surface area contributed by atoms with E-state index in [0.29, 0.717) is 11.0 Å². The highest BCUT2D eigenvalue weighted by molar-refractivity contribution is 5.79. The van der Waals surface area contributed by atoms with E-state index in [-0.39, 0.29) is 17.3 Å². The van der Waals surface area contributed by atoms with Crippen LogP contribution in [0.25, 0.3) is 16.9 Å². The Labute approximate surface area is 147 Å². The van der Waals surface area contributed by atoms with E-state index in [1.165, 1.54) is 11.0 Å². The zero-order valence-corrected chi connectivity index (χ0v) is 13.7. The number of para-hydroxylation sites is 2. The van der Waals surface area contributed by atoms with E-state index in [9.17, 15) is 10.1 Å². The summed E-state index contributed by atoms with van der Waals surface area (Å²) < 4.78 is 1.36. The standard InChI is InChI=1S/C17H13N7O2/c1-22(12-7-3-2-4-8-12)16-15(24(25)26)17(19-11-18-16)23-14-10-6-5-9-13(14)20-21-23/h2-11H,1H3. The minimum atomic E-state index is -0.499. The van der Waals surface area contributed by atoms with Crippen molar-refractivity contribution in [2.24, 2.45) is 0 Å². The van der Waals surface area contributed by atoms with Gasteiger partial charge in [-0.15, -0.1) is 5.10 Å². The van der Waals surface area contributed by atoms with E-state index in [1.807, 2.05) is 42.5 Å². The molecule has 128 valence electrons. The molecule has 4 aromatic rings. The second kappa shape index (κ2) is 6.20. The molecule has 0 aliphatic carbocycles. The van der Waals surface area contributed by atoms with E-state index in [4.69, 9.17) is 0 Å². The Morgan fingerprint density at radius 3 is 2.54 bits per heavy atom. The first-order valence-corrected chi connectivity index (χ1v) is 7.76. The predicted octanol–water partition coefficient (Wildman–Crippen LogP) is 2.89. The highest BCUT2D eigenvalue weighted by Gasteiger charge is 2.28. The van der Waals surface area contributed by atoms with Crippen LogP contribution in [0.2, 0.25) is 0 Å². The van der Waals surface area contributed by atoms with Crippen molar-refractivity contribution in [3.05, 3.63) is 71.0 Å². The van der Waals surface area contributed by atoms with Crippen LogP contribution >= 0.6 is 0 Å². The van der Waals surface area contributed by atoms with Crippen LogP contribution in [0.15, 0.2) is 60.9 Å². The van der Waals surface area contributed by atoms with Crippen molar-refractivity contribution in [3.8, 4) is 5.82 Å². The molecular formula is C17H13N7O2. The minimum absolute atomic E-state index is 0.0662. The van der Waals surface area contributed by atoms with E-state index in [2.05, 4.69) is 20.3 Å². The molecule has 0 atom stereocenters. The van der Waals surface area contributed by atoms with Crippen LogP contribution in [0, 0.1) is 10.1 Å². The van der Waals surface area contributed by atoms with Gasteiger partial charge in [0.05, 0.1) is 10.4 Å². The average Bonchev–Trinajstić information content (AvgIpc) is 3.11. The molecule has 9 heteroatoms. The third-order valence-corrected chi connectivity index (χ3v) is 3.98. The summed E-state index contributed by atoms with van der Waals surface area (Å²) in [5.41, 5.74) is 1.78. The van der Waals surface area contributed by atoms with Crippen LogP contribution in [0.5, 0.6) is 0 Å². The molecule has 0 saturated heterocycles. The van der Waals surface area contributed by atoms with Crippen molar-refractivity contribution < 1.29 is 4.92 Å². The fraction of sp³-hybridized carbons (Fsp3) is 0.0588. The van der Waals surface area contributed by atoms with Crippen molar-refractivity contribution in [3.63, 3.8) is 0 Å². The fourth-order valence-electron chi connectivity index (χ4n) is 2.72. The minimum Gasteiger partial charge on any atom is -0.324 e. The highest BCUT2D eigenvalue weighted by Crippen LogP contribution is 2.34. The summed E-state index contributed by atoms with van der Waals surface area (Å²) in [5, 5.41) is 19.9. The van der Waals surface area contributed by atoms with E-state index in [0.717, 1.165) is 5.69 Å².